The number of hydrogen-bond donors (Lipinski definition) is 1. The highest BCUT2D eigenvalue weighted by Crippen LogP contribution is 2.25. The van der Waals surface area contributed by atoms with Crippen LogP contribution in [0.1, 0.15) is 5.69 Å². The molecule has 3 rings (SSSR count). The fourth-order valence-corrected chi connectivity index (χ4v) is 1.90. The first-order valence-electron chi connectivity index (χ1n) is 6.26. The van der Waals surface area contributed by atoms with E-state index in [0.29, 0.717) is 11.5 Å². The zero-order valence-electron chi connectivity index (χ0n) is 10.9. The summed E-state index contributed by atoms with van der Waals surface area (Å²) in [7, 11) is 0. The first kappa shape index (κ1) is 12.4. The van der Waals surface area contributed by atoms with Crippen LogP contribution in [0.15, 0.2) is 54.6 Å². The molecule has 100 valence electrons. The highest BCUT2D eigenvalue weighted by Gasteiger charge is 2.03. The maximum Gasteiger partial charge on any atom is 0.127 e. The van der Waals surface area contributed by atoms with Crippen LogP contribution < -0.4 is 4.74 Å². The lowest BCUT2D eigenvalue weighted by Gasteiger charge is -2.06. The van der Waals surface area contributed by atoms with Gasteiger partial charge in [-0.1, -0.05) is 0 Å². The van der Waals surface area contributed by atoms with Gasteiger partial charge in [0, 0.05) is 11.3 Å². The topological polar surface area (TPSA) is 37.9 Å². The van der Waals surface area contributed by atoms with Gasteiger partial charge in [0.25, 0.3) is 0 Å². The van der Waals surface area contributed by atoms with Crippen molar-refractivity contribution in [2.24, 2.45) is 0 Å². The van der Waals surface area contributed by atoms with Crippen LogP contribution in [0.25, 0.3) is 11.3 Å². The summed E-state index contributed by atoms with van der Waals surface area (Å²) in [5, 5.41) is 7.11. The van der Waals surface area contributed by atoms with E-state index < -0.39 is 0 Å². The maximum atomic E-state index is 12.8. The Morgan fingerprint density at radius 2 is 1.55 bits per heavy atom. The summed E-state index contributed by atoms with van der Waals surface area (Å²) in [6.45, 7) is 1.96. The van der Waals surface area contributed by atoms with Crippen molar-refractivity contribution >= 4 is 0 Å². The third-order valence-corrected chi connectivity index (χ3v) is 2.91. The molecule has 0 aliphatic heterocycles. The minimum absolute atomic E-state index is 0.276. The average molecular weight is 268 g/mol. The second kappa shape index (κ2) is 5.17. The van der Waals surface area contributed by atoms with Crippen molar-refractivity contribution in [1.29, 1.82) is 0 Å². The Labute approximate surface area is 116 Å². The number of aromatic nitrogens is 2. The SMILES string of the molecule is Cc1cc(-c2ccc(Oc3ccc(F)cc3)cc2)n[nH]1. The Kier molecular flexibility index (Phi) is 3.21. The van der Waals surface area contributed by atoms with E-state index in [4.69, 9.17) is 4.74 Å². The van der Waals surface area contributed by atoms with Gasteiger partial charge in [-0.05, 0) is 61.5 Å². The van der Waals surface area contributed by atoms with Crippen LogP contribution in [-0.4, -0.2) is 10.2 Å². The minimum Gasteiger partial charge on any atom is -0.457 e. The van der Waals surface area contributed by atoms with E-state index >= 15 is 0 Å². The van der Waals surface area contributed by atoms with E-state index in [1.165, 1.54) is 12.1 Å². The summed E-state index contributed by atoms with van der Waals surface area (Å²) >= 11 is 0. The van der Waals surface area contributed by atoms with Crippen LogP contribution in [-0.2, 0) is 0 Å². The lowest BCUT2D eigenvalue weighted by molar-refractivity contribution is 0.480. The van der Waals surface area contributed by atoms with E-state index in [-0.39, 0.29) is 5.82 Å². The maximum absolute atomic E-state index is 12.8. The van der Waals surface area contributed by atoms with Gasteiger partial charge in [0.05, 0.1) is 5.69 Å². The van der Waals surface area contributed by atoms with E-state index in [1.807, 2.05) is 37.3 Å². The van der Waals surface area contributed by atoms with Crippen molar-refractivity contribution in [3.05, 3.63) is 66.1 Å². The van der Waals surface area contributed by atoms with Gasteiger partial charge in [0.1, 0.15) is 17.3 Å². The van der Waals surface area contributed by atoms with Gasteiger partial charge in [-0.25, -0.2) is 4.39 Å². The predicted molar refractivity (Wildman–Crippen MR) is 75.2 cm³/mol. The molecule has 1 N–H and O–H groups in total. The van der Waals surface area contributed by atoms with E-state index in [2.05, 4.69) is 10.2 Å². The minimum atomic E-state index is -0.276. The Balaban J connectivity index is 1.77. The Morgan fingerprint density at radius 3 is 2.10 bits per heavy atom. The third kappa shape index (κ3) is 2.69. The highest BCUT2D eigenvalue weighted by molar-refractivity contribution is 5.60. The summed E-state index contributed by atoms with van der Waals surface area (Å²) in [5.41, 5.74) is 2.93. The van der Waals surface area contributed by atoms with Crippen molar-refractivity contribution in [3.8, 4) is 22.8 Å². The van der Waals surface area contributed by atoms with E-state index in [0.717, 1.165) is 17.0 Å². The van der Waals surface area contributed by atoms with Gasteiger partial charge in [-0.3, -0.25) is 5.10 Å². The van der Waals surface area contributed by atoms with Gasteiger partial charge < -0.3 is 4.74 Å². The lowest BCUT2D eigenvalue weighted by Crippen LogP contribution is -1.85. The standard InChI is InChI=1S/C16H13FN2O/c1-11-10-16(19-18-11)12-2-6-14(7-3-12)20-15-8-4-13(17)5-9-15/h2-10H,1H3,(H,18,19). The highest BCUT2D eigenvalue weighted by atomic mass is 19.1. The Hall–Kier alpha value is -2.62. The molecule has 0 saturated heterocycles. The second-order valence-corrected chi connectivity index (χ2v) is 4.52. The van der Waals surface area contributed by atoms with Crippen LogP contribution in [0.2, 0.25) is 0 Å². The first-order chi connectivity index (χ1) is 9.70. The summed E-state index contributed by atoms with van der Waals surface area (Å²) in [5.74, 6) is 1.03. The molecule has 1 aromatic heterocycles. The molecule has 4 heteroatoms. The molecule has 0 spiro atoms. The Morgan fingerprint density at radius 1 is 0.950 bits per heavy atom. The molecule has 3 nitrogen and oxygen atoms in total. The third-order valence-electron chi connectivity index (χ3n) is 2.91. The van der Waals surface area contributed by atoms with E-state index in [1.54, 1.807) is 12.1 Å². The molecule has 0 radical (unpaired) electrons. The molecule has 0 bridgehead atoms. The molecule has 0 unspecified atom stereocenters. The zero-order chi connectivity index (χ0) is 13.9. The number of rotatable bonds is 3. The van der Waals surface area contributed by atoms with Gasteiger partial charge in [0.15, 0.2) is 0 Å². The number of nitrogens with zero attached hydrogens (tertiary/aromatic N) is 1. The molecule has 20 heavy (non-hydrogen) atoms. The van der Waals surface area contributed by atoms with Crippen LogP contribution in [0, 0.1) is 12.7 Å². The van der Waals surface area contributed by atoms with Crippen LogP contribution >= 0.6 is 0 Å². The Bertz CT molecular complexity index is 702. The van der Waals surface area contributed by atoms with Crippen molar-refractivity contribution in [1.82, 2.24) is 10.2 Å². The molecule has 0 atom stereocenters. The number of halogens is 1. The van der Waals surface area contributed by atoms with Crippen molar-refractivity contribution < 1.29 is 9.13 Å². The largest absolute Gasteiger partial charge is 0.457 e. The quantitative estimate of drug-likeness (QED) is 0.768. The molecule has 3 aromatic rings. The lowest BCUT2D eigenvalue weighted by atomic mass is 10.1. The van der Waals surface area contributed by atoms with Gasteiger partial charge >= 0.3 is 0 Å². The fraction of sp³-hybridized carbons (Fsp3) is 0.0625. The molecule has 2 aromatic carbocycles. The molecule has 1 heterocycles. The van der Waals surface area contributed by atoms with Crippen LogP contribution in [0.4, 0.5) is 4.39 Å². The molecule has 0 saturated carbocycles. The number of benzene rings is 2. The number of ether oxygens (including phenoxy) is 1. The van der Waals surface area contributed by atoms with Crippen molar-refractivity contribution in [2.45, 2.75) is 6.92 Å². The van der Waals surface area contributed by atoms with E-state index in [9.17, 15) is 4.39 Å². The molecule has 0 aliphatic rings. The zero-order valence-corrected chi connectivity index (χ0v) is 10.9. The number of hydrogen-bond acceptors (Lipinski definition) is 2. The number of H-pyrrole nitrogens is 1. The number of nitrogens with one attached hydrogen (secondary N) is 1. The number of aromatic amines is 1. The summed E-state index contributed by atoms with van der Waals surface area (Å²) < 4.78 is 18.4. The number of aryl methyl sites for hydroxylation is 1. The summed E-state index contributed by atoms with van der Waals surface area (Å²) in [6.07, 6.45) is 0. The predicted octanol–water partition coefficient (Wildman–Crippen LogP) is 4.32. The molecular formula is C16H13FN2O. The molecule has 0 fully saturated rings. The van der Waals surface area contributed by atoms with Crippen LogP contribution in [0.3, 0.4) is 0 Å². The molecule has 0 aliphatic carbocycles. The van der Waals surface area contributed by atoms with Crippen molar-refractivity contribution in [2.75, 3.05) is 0 Å². The molecule has 0 amide bonds. The van der Waals surface area contributed by atoms with Crippen LogP contribution in [0.5, 0.6) is 11.5 Å². The average Bonchev–Trinajstić information content (AvgIpc) is 2.89. The van der Waals surface area contributed by atoms with Gasteiger partial charge in [-0.15, -0.1) is 0 Å². The molecular weight excluding hydrogens is 255 g/mol. The van der Waals surface area contributed by atoms with Crippen molar-refractivity contribution in [3.63, 3.8) is 0 Å². The van der Waals surface area contributed by atoms with Gasteiger partial charge in [-0.2, -0.15) is 5.10 Å². The summed E-state index contributed by atoms with van der Waals surface area (Å²) in [6, 6.07) is 15.5. The normalized spacial score (nSPS) is 10.5. The second-order valence-electron chi connectivity index (χ2n) is 4.52. The van der Waals surface area contributed by atoms with Gasteiger partial charge in [0.2, 0.25) is 0 Å². The summed E-state index contributed by atoms with van der Waals surface area (Å²) in [4.78, 5) is 0. The fourth-order valence-electron chi connectivity index (χ4n) is 1.90. The monoisotopic (exact) mass is 268 g/mol. The smallest absolute Gasteiger partial charge is 0.127 e. The first-order valence-corrected chi connectivity index (χ1v) is 6.26.